The molecular formula is C21H25NO3. The topological polar surface area (TPSA) is 55.4 Å². The lowest BCUT2D eigenvalue weighted by Gasteiger charge is -2.18. The molecule has 4 heteroatoms. The second kappa shape index (κ2) is 8.15. The molecule has 1 saturated carbocycles. The summed E-state index contributed by atoms with van der Waals surface area (Å²) in [6.45, 7) is 0. The number of amides is 1. The molecule has 2 aromatic rings. The quantitative estimate of drug-likeness (QED) is 0.818. The van der Waals surface area contributed by atoms with E-state index in [0.717, 1.165) is 29.2 Å². The van der Waals surface area contributed by atoms with Crippen LogP contribution in [0.25, 0.3) is 10.8 Å². The van der Waals surface area contributed by atoms with Gasteiger partial charge in [0.15, 0.2) is 0 Å². The van der Waals surface area contributed by atoms with Crippen molar-refractivity contribution in [3.63, 3.8) is 0 Å². The summed E-state index contributed by atoms with van der Waals surface area (Å²) in [5.41, 5.74) is 1.01. The lowest BCUT2D eigenvalue weighted by Crippen LogP contribution is -2.43. The fourth-order valence-electron chi connectivity index (χ4n) is 3.67. The molecule has 1 N–H and O–H groups in total. The summed E-state index contributed by atoms with van der Waals surface area (Å²) < 4.78 is 4.89. The number of hydrogen-bond donors (Lipinski definition) is 1. The molecule has 0 aliphatic heterocycles. The minimum absolute atomic E-state index is 0.0527. The van der Waals surface area contributed by atoms with Gasteiger partial charge >= 0.3 is 5.97 Å². The third-order valence-electron chi connectivity index (χ3n) is 5.02. The number of carbonyl (C=O) groups is 2. The number of fused-ring (bicyclic) bond motifs is 1. The number of ether oxygens (including phenoxy) is 1. The van der Waals surface area contributed by atoms with Crippen molar-refractivity contribution in [2.75, 3.05) is 7.11 Å². The summed E-state index contributed by atoms with van der Waals surface area (Å²) in [6, 6.07) is 13.6. The molecule has 3 rings (SSSR count). The van der Waals surface area contributed by atoms with Crippen molar-refractivity contribution in [1.82, 2.24) is 5.32 Å². The minimum atomic E-state index is -0.639. The van der Waals surface area contributed by atoms with Crippen molar-refractivity contribution in [2.24, 2.45) is 5.92 Å². The van der Waals surface area contributed by atoms with Crippen LogP contribution in [0, 0.1) is 5.92 Å². The highest BCUT2D eigenvalue weighted by molar-refractivity contribution is 5.86. The summed E-state index contributed by atoms with van der Waals surface area (Å²) in [6.07, 6.45) is 5.58. The summed E-state index contributed by atoms with van der Waals surface area (Å²) in [4.78, 5) is 24.4. The maximum absolute atomic E-state index is 12.3. The Bertz CT molecular complexity index is 750. The van der Waals surface area contributed by atoms with Crippen LogP contribution >= 0.6 is 0 Å². The molecule has 0 heterocycles. The monoisotopic (exact) mass is 339 g/mol. The van der Waals surface area contributed by atoms with E-state index >= 15 is 0 Å². The Balaban J connectivity index is 1.68. The second-order valence-corrected chi connectivity index (χ2v) is 6.88. The van der Waals surface area contributed by atoms with E-state index in [-0.39, 0.29) is 5.91 Å². The van der Waals surface area contributed by atoms with Gasteiger partial charge in [0, 0.05) is 12.8 Å². The van der Waals surface area contributed by atoms with Crippen LogP contribution in [0.15, 0.2) is 42.5 Å². The maximum atomic E-state index is 12.3. The molecule has 1 aliphatic carbocycles. The molecule has 1 aliphatic rings. The first-order valence-corrected chi connectivity index (χ1v) is 9.00. The van der Waals surface area contributed by atoms with E-state index < -0.39 is 12.0 Å². The lowest BCUT2D eigenvalue weighted by atomic mass is 10.0. The summed E-state index contributed by atoms with van der Waals surface area (Å²) >= 11 is 0. The SMILES string of the molecule is COC(=O)[C@H](Cc1ccc2ccccc2c1)NC(=O)CC1CCCC1. The van der Waals surface area contributed by atoms with Crippen LogP contribution in [0.3, 0.4) is 0 Å². The fraction of sp³-hybridized carbons (Fsp3) is 0.429. The lowest BCUT2D eigenvalue weighted by molar-refractivity contribution is -0.145. The van der Waals surface area contributed by atoms with E-state index in [0.29, 0.717) is 18.8 Å². The van der Waals surface area contributed by atoms with Gasteiger partial charge in [-0.1, -0.05) is 55.3 Å². The molecule has 1 atom stereocenters. The smallest absolute Gasteiger partial charge is 0.328 e. The zero-order valence-corrected chi connectivity index (χ0v) is 14.7. The Kier molecular flexibility index (Phi) is 5.69. The van der Waals surface area contributed by atoms with Gasteiger partial charge in [0.1, 0.15) is 6.04 Å². The summed E-state index contributed by atoms with van der Waals surface area (Å²) in [5, 5.41) is 5.16. The normalized spacial score (nSPS) is 15.9. The molecule has 132 valence electrons. The van der Waals surface area contributed by atoms with Gasteiger partial charge in [-0.3, -0.25) is 4.79 Å². The third kappa shape index (κ3) is 4.59. The van der Waals surface area contributed by atoms with Crippen LogP contribution in [0.5, 0.6) is 0 Å². The molecule has 0 bridgehead atoms. The van der Waals surface area contributed by atoms with Crippen LogP contribution in [-0.2, 0) is 20.7 Å². The van der Waals surface area contributed by atoms with Gasteiger partial charge in [-0.05, 0) is 35.1 Å². The third-order valence-corrected chi connectivity index (χ3v) is 5.02. The first-order chi connectivity index (χ1) is 12.2. The molecule has 1 fully saturated rings. The van der Waals surface area contributed by atoms with Gasteiger partial charge in [0.05, 0.1) is 7.11 Å². The highest BCUT2D eigenvalue weighted by atomic mass is 16.5. The molecule has 2 aromatic carbocycles. The molecule has 0 aromatic heterocycles. The van der Waals surface area contributed by atoms with E-state index in [1.165, 1.54) is 20.0 Å². The van der Waals surface area contributed by atoms with Crippen molar-refractivity contribution in [2.45, 2.75) is 44.6 Å². The Morgan fingerprint density at radius 1 is 1.12 bits per heavy atom. The number of carbonyl (C=O) groups excluding carboxylic acids is 2. The van der Waals surface area contributed by atoms with Gasteiger partial charge < -0.3 is 10.1 Å². The first-order valence-electron chi connectivity index (χ1n) is 9.00. The van der Waals surface area contributed by atoms with Gasteiger partial charge in [-0.2, -0.15) is 0 Å². The largest absolute Gasteiger partial charge is 0.467 e. The second-order valence-electron chi connectivity index (χ2n) is 6.88. The van der Waals surface area contributed by atoms with E-state index in [1.54, 1.807) is 0 Å². The zero-order chi connectivity index (χ0) is 17.6. The molecule has 1 amide bonds. The van der Waals surface area contributed by atoms with Crippen LogP contribution in [-0.4, -0.2) is 25.0 Å². The standard InChI is InChI=1S/C21H25NO3/c1-25-21(24)19(22-20(23)14-15-6-2-3-7-15)13-16-10-11-17-8-4-5-9-18(17)12-16/h4-5,8-12,15,19H,2-3,6-7,13-14H2,1H3,(H,22,23)/t19-/m0/s1. The van der Waals surface area contributed by atoms with Gasteiger partial charge in [-0.25, -0.2) is 4.79 Å². The average molecular weight is 339 g/mol. The van der Waals surface area contributed by atoms with Gasteiger partial charge in [0.25, 0.3) is 0 Å². The maximum Gasteiger partial charge on any atom is 0.328 e. The highest BCUT2D eigenvalue weighted by Crippen LogP contribution is 2.27. The molecule has 0 spiro atoms. The minimum Gasteiger partial charge on any atom is -0.467 e. The molecule has 0 saturated heterocycles. The van der Waals surface area contributed by atoms with Crippen LogP contribution < -0.4 is 5.32 Å². The van der Waals surface area contributed by atoms with Crippen molar-refractivity contribution in [3.05, 3.63) is 48.0 Å². The van der Waals surface area contributed by atoms with Crippen LogP contribution in [0.2, 0.25) is 0 Å². The number of benzene rings is 2. The first kappa shape index (κ1) is 17.5. The summed E-state index contributed by atoms with van der Waals surface area (Å²) in [5.74, 6) is 0.00925. The molecule has 25 heavy (non-hydrogen) atoms. The predicted molar refractivity (Wildman–Crippen MR) is 98.2 cm³/mol. The van der Waals surface area contributed by atoms with Crippen molar-refractivity contribution >= 4 is 22.6 Å². The van der Waals surface area contributed by atoms with E-state index in [1.807, 2.05) is 30.3 Å². The predicted octanol–water partition coefficient (Wildman–Crippen LogP) is 3.62. The van der Waals surface area contributed by atoms with Gasteiger partial charge in [-0.15, -0.1) is 0 Å². The Labute approximate surface area is 148 Å². The Morgan fingerprint density at radius 2 is 1.84 bits per heavy atom. The van der Waals surface area contributed by atoms with E-state index in [9.17, 15) is 9.59 Å². The molecular weight excluding hydrogens is 314 g/mol. The Morgan fingerprint density at radius 3 is 2.56 bits per heavy atom. The van der Waals surface area contributed by atoms with E-state index in [4.69, 9.17) is 4.74 Å². The molecule has 0 unspecified atom stereocenters. The summed E-state index contributed by atoms with van der Waals surface area (Å²) in [7, 11) is 1.36. The van der Waals surface area contributed by atoms with Crippen molar-refractivity contribution in [1.29, 1.82) is 0 Å². The fourth-order valence-corrected chi connectivity index (χ4v) is 3.67. The molecule has 0 radical (unpaired) electrons. The van der Waals surface area contributed by atoms with Gasteiger partial charge in [0.2, 0.25) is 5.91 Å². The number of esters is 1. The van der Waals surface area contributed by atoms with Crippen molar-refractivity contribution in [3.8, 4) is 0 Å². The average Bonchev–Trinajstić information content (AvgIpc) is 3.13. The van der Waals surface area contributed by atoms with Crippen LogP contribution in [0.4, 0.5) is 0 Å². The number of methoxy groups -OCH3 is 1. The number of rotatable bonds is 6. The van der Waals surface area contributed by atoms with Crippen molar-refractivity contribution < 1.29 is 14.3 Å². The van der Waals surface area contributed by atoms with E-state index in [2.05, 4.69) is 17.4 Å². The number of hydrogen-bond acceptors (Lipinski definition) is 3. The molecule has 4 nitrogen and oxygen atoms in total. The zero-order valence-electron chi connectivity index (χ0n) is 14.7. The Hall–Kier alpha value is -2.36. The van der Waals surface area contributed by atoms with Crippen LogP contribution in [0.1, 0.15) is 37.7 Å². The highest BCUT2D eigenvalue weighted by Gasteiger charge is 2.24. The number of nitrogens with one attached hydrogen (secondary N) is 1.